The van der Waals surface area contributed by atoms with Crippen LogP contribution in [0.2, 0.25) is 0 Å². The molecule has 2 aromatic rings. The van der Waals surface area contributed by atoms with Gasteiger partial charge in [0.1, 0.15) is 0 Å². The normalized spacial score (nSPS) is 10.8. The Morgan fingerprint density at radius 3 is 2.67 bits per heavy atom. The highest BCUT2D eigenvalue weighted by atomic mass is 16.2. The Hall–Kier alpha value is -2.89. The van der Waals surface area contributed by atoms with E-state index in [0.717, 1.165) is 11.1 Å². The minimum Gasteiger partial charge on any atom is -0.343 e. The summed E-state index contributed by atoms with van der Waals surface area (Å²) in [6.45, 7) is 3.04. The average Bonchev–Trinajstić information content (AvgIpc) is 3.02. The molecule has 0 fully saturated rings. The fraction of sp³-hybridized carbons (Fsp3) is 0.278. The van der Waals surface area contributed by atoms with Crippen molar-refractivity contribution in [2.75, 3.05) is 13.1 Å². The van der Waals surface area contributed by atoms with E-state index in [0.29, 0.717) is 13.1 Å². The number of amides is 2. The van der Waals surface area contributed by atoms with Crippen molar-refractivity contribution < 1.29 is 9.59 Å². The van der Waals surface area contributed by atoms with Gasteiger partial charge >= 0.3 is 0 Å². The Labute approximate surface area is 141 Å². The minimum absolute atomic E-state index is 0.0170. The van der Waals surface area contributed by atoms with Gasteiger partial charge in [-0.1, -0.05) is 30.3 Å². The number of rotatable bonds is 7. The summed E-state index contributed by atoms with van der Waals surface area (Å²) in [5.41, 5.74) is 1.90. The molecule has 1 aromatic carbocycles. The molecule has 0 saturated heterocycles. The van der Waals surface area contributed by atoms with E-state index in [-0.39, 0.29) is 18.4 Å². The summed E-state index contributed by atoms with van der Waals surface area (Å²) < 4.78 is 1.66. The van der Waals surface area contributed by atoms with Crippen LogP contribution in [0, 0.1) is 0 Å². The molecule has 0 aliphatic rings. The molecule has 2 rings (SSSR count). The predicted molar refractivity (Wildman–Crippen MR) is 92.8 cm³/mol. The fourth-order valence-corrected chi connectivity index (χ4v) is 2.21. The van der Waals surface area contributed by atoms with Gasteiger partial charge in [-0.05, 0) is 18.6 Å². The zero-order valence-electron chi connectivity index (χ0n) is 14.0. The predicted octanol–water partition coefficient (Wildman–Crippen LogP) is 1.60. The van der Waals surface area contributed by atoms with Crippen LogP contribution in [-0.4, -0.2) is 39.6 Å². The average molecular weight is 326 g/mol. The molecular weight excluding hydrogens is 304 g/mol. The molecule has 6 heteroatoms. The van der Waals surface area contributed by atoms with E-state index in [1.807, 2.05) is 44.3 Å². The van der Waals surface area contributed by atoms with Crippen LogP contribution in [-0.2, 0) is 23.2 Å². The molecule has 0 aliphatic heterocycles. The Morgan fingerprint density at radius 1 is 1.29 bits per heavy atom. The molecule has 1 aromatic heterocycles. The molecule has 0 saturated carbocycles. The molecule has 24 heavy (non-hydrogen) atoms. The van der Waals surface area contributed by atoms with Crippen molar-refractivity contribution in [3.63, 3.8) is 0 Å². The first kappa shape index (κ1) is 17.5. The number of carbonyl (C=O) groups is 2. The highest BCUT2D eigenvalue weighted by Gasteiger charge is 2.12. The second kappa shape index (κ2) is 8.67. The molecule has 126 valence electrons. The number of aromatic nitrogens is 2. The van der Waals surface area contributed by atoms with E-state index < -0.39 is 0 Å². The Kier molecular flexibility index (Phi) is 6.31. The van der Waals surface area contributed by atoms with Gasteiger partial charge in [0, 0.05) is 38.0 Å². The molecule has 0 radical (unpaired) electrons. The topological polar surface area (TPSA) is 67.2 Å². The summed E-state index contributed by atoms with van der Waals surface area (Å²) in [6.07, 6.45) is 6.52. The Morgan fingerprint density at radius 2 is 2.04 bits per heavy atom. The SMILES string of the molecule is CCN(Cc1ccccc1)C(=O)CNC(=O)/C=C\c1cnn(C)c1. The van der Waals surface area contributed by atoms with Crippen LogP contribution in [0.15, 0.2) is 48.8 Å². The van der Waals surface area contributed by atoms with E-state index in [1.54, 1.807) is 28.1 Å². The van der Waals surface area contributed by atoms with E-state index in [4.69, 9.17) is 0 Å². The van der Waals surface area contributed by atoms with Crippen LogP contribution in [0.4, 0.5) is 0 Å². The van der Waals surface area contributed by atoms with Gasteiger partial charge < -0.3 is 10.2 Å². The number of carbonyl (C=O) groups excluding carboxylic acids is 2. The highest BCUT2D eigenvalue weighted by Crippen LogP contribution is 2.04. The number of aryl methyl sites for hydroxylation is 1. The van der Waals surface area contributed by atoms with Crippen molar-refractivity contribution in [3.8, 4) is 0 Å². The van der Waals surface area contributed by atoms with Crippen LogP contribution in [0.5, 0.6) is 0 Å². The van der Waals surface area contributed by atoms with Gasteiger partial charge in [0.15, 0.2) is 0 Å². The van der Waals surface area contributed by atoms with Crippen LogP contribution in [0.1, 0.15) is 18.1 Å². The maximum atomic E-state index is 12.2. The van der Waals surface area contributed by atoms with Crippen LogP contribution in [0.3, 0.4) is 0 Å². The third kappa shape index (κ3) is 5.39. The zero-order chi connectivity index (χ0) is 17.4. The van der Waals surface area contributed by atoms with Crippen LogP contribution in [0.25, 0.3) is 6.08 Å². The van der Waals surface area contributed by atoms with Gasteiger partial charge in [0.25, 0.3) is 0 Å². The monoisotopic (exact) mass is 326 g/mol. The summed E-state index contributed by atoms with van der Waals surface area (Å²) in [5.74, 6) is -0.410. The summed E-state index contributed by atoms with van der Waals surface area (Å²) in [4.78, 5) is 25.7. The number of hydrogen-bond donors (Lipinski definition) is 1. The molecule has 2 amide bonds. The van der Waals surface area contributed by atoms with Crippen molar-refractivity contribution in [2.45, 2.75) is 13.5 Å². The van der Waals surface area contributed by atoms with Gasteiger partial charge in [0.2, 0.25) is 11.8 Å². The molecule has 1 heterocycles. The number of benzene rings is 1. The quantitative estimate of drug-likeness (QED) is 0.786. The number of nitrogens with one attached hydrogen (secondary N) is 1. The van der Waals surface area contributed by atoms with Gasteiger partial charge in [-0.15, -0.1) is 0 Å². The number of nitrogens with zero attached hydrogens (tertiary/aromatic N) is 3. The standard InChI is InChI=1S/C18H22N4O2/c1-3-22(14-15-7-5-4-6-8-15)18(24)12-19-17(23)10-9-16-11-20-21(2)13-16/h4-11,13H,3,12,14H2,1-2H3,(H,19,23)/b10-9-. The van der Waals surface area contributed by atoms with Crippen molar-refractivity contribution in [3.05, 3.63) is 59.9 Å². The van der Waals surface area contributed by atoms with Gasteiger partial charge in [-0.3, -0.25) is 14.3 Å². The second-order valence-corrected chi connectivity index (χ2v) is 5.39. The maximum absolute atomic E-state index is 12.2. The summed E-state index contributed by atoms with van der Waals surface area (Å²) in [7, 11) is 1.81. The van der Waals surface area contributed by atoms with E-state index in [1.165, 1.54) is 6.08 Å². The first-order chi connectivity index (χ1) is 11.6. The molecule has 0 aliphatic carbocycles. The molecule has 0 bridgehead atoms. The number of likely N-dealkylation sites (N-methyl/N-ethyl adjacent to an activating group) is 1. The lowest BCUT2D eigenvalue weighted by Gasteiger charge is -2.21. The van der Waals surface area contributed by atoms with Gasteiger partial charge in [-0.2, -0.15) is 5.10 Å². The summed E-state index contributed by atoms with van der Waals surface area (Å²) in [5, 5.41) is 6.63. The van der Waals surface area contributed by atoms with Crippen LogP contribution >= 0.6 is 0 Å². The molecular formula is C18H22N4O2. The summed E-state index contributed by atoms with van der Waals surface area (Å²) >= 11 is 0. The smallest absolute Gasteiger partial charge is 0.244 e. The van der Waals surface area contributed by atoms with E-state index in [2.05, 4.69) is 10.4 Å². The third-order valence-corrected chi connectivity index (χ3v) is 3.52. The summed E-state index contributed by atoms with van der Waals surface area (Å²) in [6, 6.07) is 9.78. The third-order valence-electron chi connectivity index (χ3n) is 3.52. The van der Waals surface area contributed by atoms with Gasteiger partial charge in [-0.25, -0.2) is 0 Å². The maximum Gasteiger partial charge on any atom is 0.244 e. The fourth-order valence-electron chi connectivity index (χ4n) is 2.21. The van der Waals surface area contributed by atoms with Crippen molar-refractivity contribution in [2.24, 2.45) is 7.05 Å². The molecule has 1 N–H and O–H groups in total. The van der Waals surface area contributed by atoms with Crippen molar-refractivity contribution in [1.29, 1.82) is 0 Å². The Bertz CT molecular complexity index is 707. The highest BCUT2D eigenvalue weighted by molar-refractivity contribution is 5.94. The van der Waals surface area contributed by atoms with Crippen molar-refractivity contribution >= 4 is 17.9 Å². The van der Waals surface area contributed by atoms with Gasteiger partial charge in [0.05, 0.1) is 12.7 Å². The second-order valence-electron chi connectivity index (χ2n) is 5.39. The molecule has 0 atom stereocenters. The van der Waals surface area contributed by atoms with E-state index >= 15 is 0 Å². The molecule has 0 unspecified atom stereocenters. The molecule has 6 nitrogen and oxygen atoms in total. The molecule has 0 spiro atoms. The van der Waals surface area contributed by atoms with E-state index in [9.17, 15) is 9.59 Å². The first-order valence-electron chi connectivity index (χ1n) is 7.84. The number of hydrogen-bond acceptors (Lipinski definition) is 3. The Balaban J connectivity index is 1.82. The lowest BCUT2D eigenvalue weighted by atomic mass is 10.2. The first-order valence-corrected chi connectivity index (χ1v) is 7.84. The zero-order valence-corrected chi connectivity index (χ0v) is 14.0. The minimum atomic E-state index is -0.303. The lowest BCUT2D eigenvalue weighted by molar-refractivity contribution is -0.132. The lowest BCUT2D eigenvalue weighted by Crippen LogP contribution is -2.39. The van der Waals surface area contributed by atoms with Crippen LogP contribution < -0.4 is 5.32 Å². The van der Waals surface area contributed by atoms with Crippen molar-refractivity contribution in [1.82, 2.24) is 20.0 Å². The largest absolute Gasteiger partial charge is 0.343 e.